The van der Waals surface area contributed by atoms with Crippen molar-refractivity contribution < 1.29 is 18.3 Å². The topological polar surface area (TPSA) is 56.1 Å². The molecule has 0 aliphatic carbocycles. The lowest BCUT2D eigenvalue weighted by Gasteiger charge is -2.09. The number of ether oxygens (including phenoxy) is 1. The van der Waals surface area contributed by atoms with Crippen LogP contribution in [0.3, 0.4) is 0 Å². The summed E-state index contributed by atoms with van der Waals surface area (Å²) in [4.78, 5) is 12.7. The Balaban J connectivity index is 1.88. The number of halogens is 2. The first kappa shape index (κ1) is 18.6. The Hall–Kier alpha value is -3.22. The standard InChI is InChI=1S/C20H19F2N3O2/c1-3-9-27-15-6-4-5-14(11-15)23-20(26)17-12-25(2)24-19(17)16-8-7-13(21)10-18(16)22/h4-8,10-12H,3,9H2,1-2H3,(H,23,26). The van der Waals surface area contributed by atoms with E-state index in [9.17, 15) is 13.6 Å². The van der Waals surface area contributed by atoms with Crippen LogP contribution in [0.1, 0.15) is 23.7 Å². The third-order valence-electron chi connectivity index (χ3n) is 3.82. The summed E-state index contributed by atoms with van der Waals surface area (Å²) in [6, 6.07) is 10.2. The third kappa shape index (κ3) is 4.31. The molecule has 1 aromatic heterocycles. The van der Waals surface area contributed by atoms with E-state index in [0.29, 0.717) is 18.0 Å². The van der Waals surface area contributed by atoms with Gasteiger partial charge in [-0.1, -0.05) is 13.0 Å². The molecule has 2 aromatic carbocycles. The van der Waals surface area contributed by atoms with Crippen LogP contribution in [0.2, 0.25) is 0 Å². The number of nitrogens with one attached hydrogen (secondary N) is 1. The van der Waals surface area contributed by atoms with Gasteiger partial charge in [0.05, 0.1) is 12.2 Å². The molecule has 0 aliphatic heterocycles. The number of anilines is 1. The summed E-state index contributed by atoms with van der Waals surface area (Å²) in [6.07, 6.45) is 2.36. The molecule has 140 valence electrons. The van der Waals surface area contributed by atoms with Gasteiger partial charge in [-0.3, -0.25) is 9.48 Å². The van der Waals surface area contributed by atoms with Crippen molar-refractivity contribution in [2.75, 3.05) is 11.9 Å². The van der Waals surface area contributed by atoms with Crippen LogP contribution in [-0.4, -0.2) is 22.3 Å². The van der Waals surface area contributed by atoms with E-state index in [1.165, 1.54) is 16.9 Å². The van der Waals surface area contributed by atoms with Crippen LogP contribution in [0.15, 0.2) is 48.7 Å². The molecular weight excluding hydrogens is 352 g/mol. The summed E-state index contributed by atoms with van der Waals surface area (Å²) < 4.78 is 34.3. The summed E-state index contributed by atoms with van der Waals surface area (Å²) in [7, 11) is 1.63. The van der Waals surface area contributed by atoms with Crippen molar-refractivity contribution in [2.45, 2.75) is 13.3 Å². The molecule has 0 atom stereocenters. The van der Waals surface area contributed by atoms with E-state index in [1.807, 2.05) is 6.92 Å². The maximum atomic E-state index is 14.1. The van der Waals surface area contributed by atoms with Crippen LogP contribution in [0.4, 0.5) is 14.5 Å². The van der Waals surface area contributed by atoms with Crippen molar-refractivity contribution >= 4 is 11.6 Å². The normalized spacial score (nSPS) is 10.7. The molecule has 1 N–H and O–H groups in total. The monoisotopic (exact) mass is 371 g/mol. The zero-order valence-electron chi connectivity index (χ0n) is 15.0. The number of rotatable bonds is 6. The molecule has 3 aromatic rings. The first-order valence-electron chi connectivity index (χ1n) is 8.51. The molecule has 0 radical (unpaired) electrons. The fourth-order valence-corrected chi connectivity index (χ4v) is 2.62. The molecule has 0 saturated carbocycles. The molecule has 27 heavy (non-hydrogen) atoms. The average molecular weight is 371 g/mol. The van der Waals surface area contributed by atoms with Gasteiger partial charge in [0.25, 0.3) is 5.91 Å². The van der Waals surface area contributed by atoms with Crippen molar-refractivity contribution in [3.63, 3.8) is 0 Å². The van der Waals surface area contributed by atoms with Gasteiger partial charge in [0.15, 0.2) is 0 Å². The summed E-state index contributed by atoms with van der Waals surface area (Å²) in [5.74, 6) is -1.28. The van der Waals surface area contributed by atoms with Gasteiger partial charge < -0.3 is 10.1 Å². The largest absolute Gasteiger partial charge is 0.494 e. The van der Waals surface area contributed by atoms with E-state index >= 15 is 0 Å². The molecule has 0 spiro atoms. The van der Waals surface area contributed by atoms with E-state index < -0.39 is 17.5 Å². The fraction of sp³-hybridized carbons (Fsp3) is 0.200. The molecule has 3 rings (SSSR count). The molecule has 0 unspecified atom stereocenters. The first-order chi connectivity index (χ1) is 13.0. The Morgan fingerprint density at radius 2 is 2.04 bits per heavy atom. The smallest absolute Gasteiger partial charge is 0.259 e. The van der Waals surface area contributed by atoms with E-state index in [2.05, 4.69) is 10.4 Å². The minimum absolute atomic E-state index is 0.0576. The molecule has 5 nitrogen and oxygen atoms in total. The van der Waals surface area contributed by atoms with Crippen molar-refractivity contribution in [1.29, 1.82) is 0 Å². The van der Waals surface area contributed by atoms with Gasteiger partial charge in [0.2, 0.25) is 0 Å². The fourth-order valence-electron chi connectivity index (χ4n) is 2.62. The summed E-state index contributed by atoms with van der Waals surface area (Å²) in [5, 5.41) is 6.92. The zero-order chi connectivity index (χ0) is 19.4. The summed E-state index contributed by atoms with van der Waals surface area (Å²) in [5.41, 5.74) is 0.930. The van der Waals surface area contributed by atoms with Crippen molar-refractivity contribution in [3.8, 4) is 17.0 Å². The van der Waals surface area contributed by atoms with Crippen molar-refractivity contribution in [3.05, 3.63) is 65.9 Å². The second kappa shape index (κ2) is 7.99. The lowest BCUT2D eigenvalue weighted by atomic mass is 10.1. The van der Waals surface area contributed by atoms with Crippen LogP contribution < -0.4 is 10.1 Å². The predicted molar refractivity (Wildman–Crippen MR) is 98.7 cm³/mol. The van der Waals surface area contributed by atoms with E-state index in [4.69, 9.17) is 4.74 Å². The molecule has 0 fully saturated rings. The van der Waals surface area contributed by atoms with E-state index in [0.717, 1.165) is 18.6 Å². The van der Waals surface area contributed by atoms with Gasteiger partial charge in [-0.2, -0.15) is 5.10 Å². The SMILES string of the molecule is CCCOc1cccc(NC(=O)c2cn(C)nc2-c2ccc(F)cc2F)c1. The molecule has 0 bridgehead atoms. The molecular formula is C20H19F2N3O2. The Labute approximate surface area is 155 Å². The summed E-state index contributed by atoms with van der Waals surface area (Å²) >= 11 is 0. The maximum absolute atomic E-state index is 14.1. The van der Waals surface area contributed by atoms with Crippen LogP contribution >= 0.6 is 0 Å². The van der Waals surface area contributed by atoms with Gasteiger partial charge in [0, 0.05) is 36.6 Å². The molecule has 0 saturated heterocycles. The first-order valence-corrected chi connectivity index (χ1v) is 8.51. The predicted octanol–water partition coefficient (Wildman–Crippen LogP) is 4.41. The van der Waals surface area contributed by atoms with E-state index in [1.54, 1.807) is 31.3 Å². The second-order valence-electron chi connectivity index (χ2n) is 6.02. The van der Waals surface area contributed by atoms with Crippen molar-refractivity contribution in [2.24, 2.45) is 7.05 Å². The number of carbonyl (C=O) groups excluding carboxylic acids is 1. The lowest BCUT2D eigenvalue weighted by molar-refractivity contribution is 0.102. The number of amides is 1. The van der Waals surface area contributed by atoms with Gasteiger partial charge in [-0.15, -0.1) is 0 Å². The highest BCUT2D eigenvalue weighted by Crippen LogP contribution is 2.26. The highest BCUT2D eigenvalue weighted by Gasteiger charge is 2.20. The highest BCUT2D eigenvalue weighted by molar-refractivity contribution is 6.08. The minimum Gasteiger partial charge on any atom is -0.494 e. The number of hydrogen-bond acceptors (Lipinski definition) is 3. The Kier molecular flexibility index (Phi) is 5.49. The summed E-state index contributed by atoms with van der Waals surface area (Å²) in [6.45, 7) is 2.58. The number of aromatic nitrogens is 2. The van der Waals surface area contributed by atoms with Gasteiger partial charge >= 0.3 is 0 Å². The quantitative estimate of drug-likeness (QED) is 0.698. The minimum atomic E-state index is -0.780. The van der Waals surface area contributed by atoms with Gasteiger partial charge in [-0.05, 0) is 30.7 Å². The average Bonchev–Trinajstić information content (AvgIpc) is 3.02. The number of benzene rings is 2. The van der Waals surface area contributed by atoms with E-state index in [-0.39, 0.29) is 16.8 Å². The zero-order valence-corrected chi connectivity index (χ0v) is 15.0. The Bertz CT molecular complexity index is 970. The van der Waals surface area contributed by atoms with Crippen LogP contribution in [0.5, 0.6) is 5.75 Å². The number of nitrogens with zero attached hydrogens (tertiary/aromatic N) is 2. The molecule has 1 amide bonds. The Morgan fingerprint density at radius 3 is 2.78 bits per heavy atom. The number of hydrogen-bond donors (Lipinski definition) is 1. The second-order valence-corrected chi connectivity index (χ2v) is 6.02. The van der Waals surface area contributed by atoms with Crippen LogP contribution in [-0.2, 0) is 7.05 Å². The van der Waals surface area contributed by atoms with Gasteiger partial charge in [-0.25, -0.2) is 8.78 Å². The highest BCUT2D eigenvalue weighted by atomic mass is 19.1. The van der Waals surface area contributed by atoms with Crippen molar-refractivity contribution in [1.82, 2.24) is 9.78 Å². The number of carbonyl (C=O) groups is 1. The molecule has 0 aliphatic rings. The number of aryl methyl sites for hydroxylation is 1. The Morgan fingerprint density at radius 1 is 1.22 bits per heavy atom. The van der Waals surface area contributed by atoms with Gasteiger partial charge in [0.1, 0.15) is 23.1 Å². The third-order valence-corrected chi connectivity index (χ3v) is 3.82. The molecule has 1 heterocycles. The lowest BCUT2D eigenvalue weighted by Crippen LogP contribution is -2.12. The maximum Gasteiger partial charge on any atom is 0.259 e. The van der Waals surface area contributed by atoms with Crippen LogP contribution in [0, 0.1) is 11.6 Å². The van der Waals surface area contributed by atoms with Crippen LogP contribution in [0.25, 0.3) is 11.3 Å². The molecule has 7 heteroatoms.